The van der Waals surface area contributed by atoms with E-state index in [9.17, 15) is 14.4 Å². The molecule has 2 fully saturated rings. The maximum absolute atomic E-state index is 13.9. The molecule has 6 heteroatoms. The molecule has 2 amide bonds. The van der Waals surface area contributed by atoms with Crippen molar-refractivity contribution in [1.82, 2.24) is 0 Å². The summed E-state index contributed by atoms with van der Waals surface area (Å²) in [5.74, 6) is -1.86. The first kappa shape index (κ1) is 20.4. The molecule has 6 rings (SSSR count). The SMILES string of the molecule is COc1ccccc1N1C(=O)[C@@H]2[C@H](C1=O)[C@H](C(=O)c1ccccc1)N1c3ccccc3C=C[C@@H]21. The molecule has 0 bridgehead atoms. The molecule has 4 atom stereocenters. The molecule has 0 radical (unpaired) electrons. The summed E-state index contributed by atoms with van der Waals surface area (Å²) >= 11 is 0. The highest BCUT2D eigenvalue weighted by Crippen LogP contribution is 2.50. The Morgan fingerprint density at radius 2 is 1.44 bits per heavy atom. The molecule has 2 saturated heterocycles. The number of methoxy groups -OCH3 is 1. The van der Waals surface area contributed by atoms with Gasteiger partial charge in [-0.05, 0) is 23.8 Å². The Bertz CT molecular complexity index is 1350. The number of rotatable bonds is 4. The van der Waals surface area contributed by atoms with E-state index in [0.29, 0.717) is 17.0 Å². The summed E-state index contributed by atoms with van der Waals surface area (Å²) in [5, 5.41) is 0. The van der Waals surface area contributed by atoms with Crippen molar-refractivity contribution in [3.63, 3.8) is 0 Å². The van der Waals surface area contributed by atoms with E-state index in [1.54, 1.807) is 36.4 Å². The van der Waals surface area contributed by atoms with Crippen molar-refractivity contribution in [2.75, 3.05) is 16.9 Å². The van der Waals surface area contributed by atoms with E-state index < -0.39 is 23.9 Å². The van der Waals surface area contributed by atoms with E-state index in [-0.39, 0.29) is 17.6 Å². The van der Waals surface area contributed by atoms with Crippen LogP contribution in [0.4, 0.5) is 11.4 Å². The predicted molar refractivity (Wildman–Crippen MR) is 129 cm³/mol. The van der Waals surface area contributed by atoms with Crippen LogP contribution < -0.4 is 14.5 Å². The molecule has 3 heterocycles. The molecule has 6 nitrogen and oxygen atoms in total. The van der Waals surface area contributed by atoms with Crippen molar-refractivity contribution in [3.05, 3.63) is 96.1 Å². The maximum Gasteiger partial charge on any atom is 0.240 e. The van der Waals surface area contributed by atoms with Crippen molar-refractivity contribution in [3.8, 4) is 5.75 Å². The van der Waals surface area contributed by atoms with Crippen LogP contribution >= 0.6 is 0 Å². The molecule has 0 unspecified atom stereocenters. The average Bonchev–Trinajstić information content (AvgIpc) is 3.36. The molecule has 0 aromatic heterocycles. The van der Waals surface area contributed by atoms with Crippen LogP contribution in [0.1, 0.15) is 15.9 Å². The van der Waals surface area contributed by atoms with Gasteiger partial charge in [-0.3, -0.25) is 14.4 Å². The van der Waals surface area contributed by atoms with Crippen LogP contribution in [0.2, 0.25) is 0 Å². The topological polar surface area (TPSA) is 66.9 Å². The Labute approximate surface area is 197 Å². The van der Waals surface area contributed by atoms with Crippen molar-refractivity contribution in [1.29, 1.82) is 0 Å². The van der Waals surface area contributed by atoms with Gasteiger partial charge in [-0.15, -0.1) is 0 Å². The van der Waals surface area contributed by atoms with Crippen molar-refractivity contribution in [2.45, 2.75) is 12.1 Å². The van der Waals surface area contributed by atoms with Crippen LogP contribution in [-0.4, -0.2) is 36.8 Å². The number of ether oxygens (including phenoxy) is 1. The second-order valence-corrected chi connectivity index (χ2v) is 8.73. The lowest BCUT2D eigenvalue weighted by Crippen LogP contribution is -2.48. The first-order chi connectivity index (χ1) is 16.6. The summed E-state index contributed by atoms with van der Waals surface area (Å²) in [5.41, 5.74) is 2.76. The van der Waals surface area contributed by atoms with Gasteiger partial charge in [-0.25, -0.2) is 4.90 Å². The molecule has 3 aliphatic rings. The second-order valence-electron chi connectivity index (χ2n) is 8.73. The number of fused-ring (bicyclic) bond motifs is 5. The van der Waals surface area contributed by atoms with Gasteiger partial charge in [0.1, 0.15) is 11.8 Å². The number of carbonyl (C=O) groups is 3. The standard InChI is InChI=1S/C28H22N2O4/c1-34-22-14-8-7-13-20(22)30-27(32)23-21-16-15-17-9-5-6-12-19(17)29(21)25(24(23)28(30)33)26(31)18-10-3-2-4-11-18/h2-16,21,23-25H,1H3/t21-,23-,24-,25+/m0/s1. The van der Waals surface area contributed by atoms with Crippen LogP contribution in [0.25, 0.3) is 6.08 Å². The lowest BCUT2D eigenvalue weighted by molar-refractivity contribution is -0.122. The Kier molecular flexibility index (Phi) is 4.62. The summed E-state index contributed by atoms with van der Waals surface area (Å²) < 4.78 is 5.44. The second kappa shape index (κ2) is 7.70. The summed E-state index contributed by atoms with van der Waals surface area (Å²) in [6.07, 6.45) is 3.93. The first-order valence-electron chi connectivity index (χ1n) is 11.3. The van der Waals surface area contributed by atoms with E-state index in [1.165, 1.54) is 12.0 Å². The smallest absolute Gasteiger partial charge is 0.240 e. The molecule has 3 aliphatic heterocycles. The highest BCUT2D eigenvalue weighted by Gasteiger charge is 2.64. The third-order valence-electron chi connectivity index (χ3n) is 7.07. The number of Topliss-reactive ketones (excluding diaryl/α,β-unsaturated/α-hetero) is 1. The van der Waals surface area contributed by atoms with Gasteiger partial charge in [0.15, 0.2) is 5.78 Å². The van der Waals surface area contributed by atoms with Crippen molar-refractivity contribution >= 4 is 35.0 Å². The summed E-state index contributed by atoms with van der Waals surface area (Å²) in [4.78, 5) is 44.8. The number of ketones is 1. The molecule has 0 saturated carbocycles. The number of nitrogens with zero attached hydrogens (tertiary/aromatic N) is 2. The number of carbonyl (C=O) groups excluding carboxylic acids is 3. The average molecular weight is 450 g/mol. The summed E-state index contributed by atoms with van der Waals surface area (Å²) in [6, 6.07) is 22.6. The maximum atomic E-state index is 13.9. The van der Waals surface area contributed by atoms with E-state index in [4.69, 9.17) is 4.74 Å². The molecule has 3 aromatic rings. The molecule has 0 spiro atoms. The van der Waals surface area contributed by atoms with Crippen molar-refractivity contribution in [2.24, 2.45) is 11.8 Å². The lowest BCUT2D eigenvalue weighted by Gasteiger charge is -2.36. The highest BCUT2D eigenvalue weighted by molar-refractivity contribution is 6.26. The van der Waals surface area contributed by atoms with Crippen LogP contribution in [0.5, 0.6) is 5.75 Å². The van der Waals surface area contributed by atoms with E-state index in [0.717, 1.165) is 11.3 Å². The lowest BCUT2D eigenvalue weighted by atomic mass is 9.86. The fourth-order valence-corrected chi connectivity index (χ4v) is 5.64. The molecule has 0 N–H and O–H groups in total. The van der Waals surface area contributed by atoms with E-state index in [2.05, 4.69) is 0 Å². The van der Waals surface area contributed by atoms with Gasteiger partial charge < -0.3 is 9.64 Å². The van der Waals surface area contributed by atoms with E-state index >= 15 is 0 Å². The fraction of sp³-hybridized carbons (Fsp3) is 0.179. The van der Waals surface area contributed by atoms with Gasteiger partial charge in [0.25, 0.3) is 0 Å². The third kappa shape index (κ3) is 2.78. The van der Waals surface area contributed by atoms with Gasteiger partial charge in [-0.2, -0.15) is 0 Å². The highest BCUT2D eigenvalue weighted by atomic mass is 16.5. The first-order valence-corrected chi connectivity index (χ1v) is 11.3. The molecule has 168 valence electrons. The summed E-state index contributed by atoms with van der Waals surface area (Å²) in [6.45, 7) is 0. The Morgan fingerprint density at radius 3 is 2.21 bits per heavy atom. The zero-order valence-corrected chi connectivity index (χ0v) is 18.5. The van der Waals surface area contributed by atoms with Crippen molar-refractivity contribution < 1.29 is 19.1 Å². The Balaban J connectivity index is 1.51. The minimum atomic E-state index is -0.800. The number of anilines is 2. The number of imide groups is 1. The molecule has 34 heavy (non-hydrogen) atoms. The van der Waals surface area contributed by atoms with Gasteiger partial charge in [0, 0.05) is 11.3 Å². The van der Waals surface area contributed by atoms with Crippen LogP contribution in [-0.2, 0) is 9.59 Å². The molecular weight excluding hydrogens is 428 g/mol. The number of hydrogen-bond acceptors (Lipinski definition) is 5. The van der Waals surface area contributed by atoms with Gasteiger partial charge in [0.2, 0.25) is 11.8 Å². The minimum absolute atomic E-state index is 0.161. The zero-order valence-electron chi connectivity index (χ0n) is 18.5. The predicted octanol–water partition coefficient (Wildman–Crippen LogP) is 3.97. The van der Waals surface area contributed by atoms with E-state index in [1.807, 2.05) is 59.5 Å². The third-order valence-corrected chi connectivity index (χ3v) is 7.07. The van der Waals surface area contributed by atoms with Gasteiger partial charge >= 0.3 is 0 Å². The normalized spacial score (nSPS) is 24.6. The number of para-hydroxylation sites is 3. The quantitative estimate of drug-likeness (QED) is 0.445. The van der Waals surface area contributed by atoms with Crippen LogP contribution in [0.3, 0.4) is 0 Å². The molecule has 0 aliphatic carbocycles. The fourth-order valence-electron chi connectivity index (χ4n) is 5.64. The Morgan fingerprint density at radius 1 is 0.794 bits per heavy atom. The number of benzene rings is 3. The summed E-state index contributed by atoms with van der Waals surface area (Å²) in [7, 11) is 1.51. The largest absolute Gasteiger partial charge is 0.495 e. The van der Waals surface area contributed by atoms with Crippen LogP contribution in [0, 0.1) is 11.8 Å². The Hall–Kier alpha value is -4.19. The number of amides is 2. The van der Waals surface area contributed by atoms with Gasteiger partial charge in [-0.1, -0.05) is 72.8 Å². The minimum Gasteiger partial charge on any atom is -0.495 e. The molecular formula is C28H22N2O4. The number of hydrogen-bond donors (Lipinski definition) is 0. The van der Waals surface area contributed by atoms with Crippen LogP contribution in [0.15, 0.2) is 84.9 Å². The zero-order chi connectivity index (χ0) is 23.4. The van der Waals surface area contributed by atoms with Gasteiger partial charge in [0.05, 0.1) is 30.7 Å². The molecule has 3 aromatic carbocycles. The monoisotopic (exact) mass is 450 g/mol.